The second-order valence-corrected chi connectivity index (χ2v) is 5.95. The Hall–Kier alpha value is -1.39. The maximum Gasteiger partial charge on any atom is 0.310 e. The van der Waals surface area contributed by atoms with Crippen molar-refractivity contribution in [3.63, 3.8) is 0 Å². The minimum absolute atomic E-state index is 0.0208. The Balaban J connectivity index is 2.17. The first-order valence-electron chi connectivity index (χ1n) is 6.43. The molecule has 1 aliphatic heterocycles. The Morgan fingerprint density at radius 2 is 1.67 bits per heavy atom. The summed E-state index contributed by atoms with van der Waals surface area (Å²) >= 11 is 0. The molecule has 5 heteroatoms. The fourth-order valence-corrected chi connectivity index (χ4v) is 2.85. The zero-order valence-corrected chi connectivity index (χ0v) is 10.8. The topological polar surface area (TPSA) is 74.7 Å². The highest BCUT2D eigenvalue weighted by Crippen LogP contribution is 2.39. The average Bonchev–Trinajstić information content (AvgIpc) is 2.55. The smallest absolute Gasteiger partial charge is 0.310 e. The number of nitrogens with zero attached hydrogens (tertiary/aromatic N) is 1. The van der Waals surface area contributed by atoms with Crippen molar-refractivity contribution in [1.29, 1.82) is 0 Å². The van der Waals surface area contributed by atoms with Crippen molar-refractivity contribution in [3.8, 4) is 0 Å². The van der Waals surface area contributed by atoms with Crippen LogP contribution in [-0.4, -0.2) is 34.3 Å². The number of hydrogen-bond donors (Lipinski definition) is 1. The van der Waals surface area contributed by atoms with E-state index in [4.69, 9.17) is 5.11 Å². The molecule has 0 bridgehead atoms. The molecule has 0 aromatic rings. The van der Waals surface area contributed by atoms with Gasteiger partial charge in [-0.25, -0.2) is 0 Å². The summed E-state index contributed by atoms with van der Waals surface area (Å²) in [6.07, 6.45) is 3.49. The summed E-state index contributed by atoms with van der Waals surface area (Å²) in [6, 6.07) is 0. The number of carboxylic acid groups (broad SMARTS) is 1. The third-order valence-corrected chi connectivity index (χ3v) is 4.06. The molecular formula is C13H19NO4. The Morgan fingerprint density at radius 1 is 1.22 bits per heavy atom. The first kappa shape index (κ1) is 13.1. The van der Waals surface area contributed by atoms with Crippen molar-refractivity contribution in [2.75, 3.05) is 6.54 Å². The van der Waals surface area contributed by atoms with Crippen molar-refractivity contribution in [1.82, 2.24) is 4.90 Å². The summed E-state index contributed by atoms with van der Waals surface area (Å²) in [5.74, 6) is -1.72. The number of likely N-dealkylation sites (tertiary alicyclic amines) is 1. The number of aliphatic carboxylic acids is 1. The van der Waals surface area contributed by atoms with E-state index in [-0.39, 0.29) is 30.2 Å². The number of carbonyl (C=O) groups is 3. The SMILES string of the molecule is CC(C)(CN1C(=O)C2CCCCC2C1=O)C(=O)O. The van der Waals surface area contributed by atoms with Crippen LogP contribution in [0.15, 0.2) is 0 Å². The van der Waals surface area contributed by atoms with E-state index in [1.165, 1.54) is 18.7 Å². The summed E-state index contributed by atoms with van der Waals surface area (Å²) in [6.45, 7) is 3.06. The van der Waals surface area contributed by atoms with Gasteiger partial charge in [-0.3, -0.25) is 19.3 Å². The van der Waals surface area contributed by atoms with Gasteiger partial charge in [-0.15, -0.1) is 0 Å². The van der Waals surface area contributed by atoms with E-state index in [0.717, 1.165) is 25.7 Å². The third-order valence-electron chi connectivity index (χ3n) is 4.06. The maximum absolute atomic E-state index is 12.2. The minimum Gasteiger partial charge on any atom is -0.481 e. The van der Waals surface area contributed by atoms with Crippen molar-refractivity contribution >= 4 is 17.8 Å². The Bertz CT molecular complexity index is 378. The van der Waals surface area contributed by atoms with Crippen LogP contribution in [0.2, 0.25) is 0 Å². The number of fused-ring (bicyclic) bond motifs is 1. The van der Waals surface area contributed by atoms with Crippen LogP contribution in [0.3, 0.4) is 0 Å². The van der Waals surface area contributed by atoms with Crippen molar-refractivity contribution in [3.05, 3.63) is 0 Å². The van der Waals surface area contributed by atoms with Gasteiger partial charge >= 0.3 is 5.97 Å². The molecule has 2 fully saturated rings. The van der Waals surface area contributed by atoms with Crippen LogP contribution in [0, 0.1) is 17.3 Å². The number of hydrogen-bond acceptors (Lipinski definition) is 3. The summed E-state index contributed by atoms with van der Waals surface area (Å²) in [7, 11) is 0. The zero-order chi connectivity index (χ0) is 13.5. The van der Waals surface area contributed by atoms with Crippen LogP contribution < -0.4 is 0 Å². The average molecular weight is 253 g/mol. The second kappa shape index (κ2) is 4.37. The number of carbonyl (C=O) groups excluding carboxylic acids is 2. The van der Waals surface area contributed by atoms with Crippen LogP contribution in [-0.2, 0) is 14.4 Å². The predicted octanol–water partition coefficient (Wildman–Crippen LogP) is 1.27. The van der Waals surface area contributed by atoms with Gasteiger partial charge in [0, 0.05) is 6.54 Å². The molecule has 0 radical (unpaired) electrons. The van der Waals surface area contributed by atoms with Gasteiger partial charge in [0.1, 0.15) is 0 Å². The van der Waals surface area contributed by atoms with Crippen molar-refractivity contribution in [2.24, 2.45) is 17.3 Å². The quantitative estimate of drug-likeness (QED) is 0.769. The molecule has 2 atom stereocenters. The highest BCUT2D eigenvalue weighted by atomic mass is 16.4. The predicted molar refractivity (Wildman–Crippen MR) is 63.6 cm³/mol. The van der Waals surface area contributed by atoms with Gasteiger partial charge in [-0.2, -0.15) is 0 Å². The van der Waals surface area contributed by atoms with E-state index in [0.29, 0.717) is 0 Å². The van der Waals surface area contributed by atoms with Gasteiger partial charge < -0.3 is 5.11 Å². The Labute approximate surface area is 106 Å². The number of rotatable bonds is 3. The van der Waals surface area contributed by atoms with Crippen LogP contribution in [0.5, 0.6) is 0 Å². The Morgan fingerprint density at radius 3 is 2.06 bits per heavy atom. The molecule has 2 rings (SSSR count). The largest absolute Gasteiger partial charge is 0.481 e. The molecule has 1 heterocycles. The van der Waals surface area contributed by atoms with Gasteiger partial charge in [0.05, 0.1) is 17.3 Å². The van der Waals surface area contributed by atoms with Crippen LogP contribution in [0.1, 0.15) is 39.5 Å². The van der Waals surface area contributed by atoms with Gasteiger partial charge in [-0.05, 0) is 26.7 Å². The van der Waals surface area contributed by atoms with E-state index >= 15 is 0 Å². The maximum atomic E-state index is 12.2. The molecule has 1 saturated carbocycles. The lowest BCUT2D eigenvalue weighted by molar-refractivity contribution is -0.151. The van der Waals surface area contributed by atoms with Crippen LogP contribution in [0.25, 0.3) is 0 Å². The highest BCUT2D eigenvalue weighted by Gasteiger charge is 2.50. The fraction of sp³-hybridized carbons (Fsp3) is 0.769. The summed E-state index contributed by atoms with van der Waals surface area (Å²) in [5, 5.41) is 9.08. The third kappa shape index (κ3) is 2.02. The van der Waals surface area contributed by atoms with Crippen LogP contribution >= 0.6 is 0 Å². The molecule has 1 aliphatic carbocycles. The molecule has 2 aliphatic rings. The summed E-state index contributed by atoms with van der Waals surface area (Å²) in [4.78, 5) is 36.6. The minimum atomic E-state index is -1.08. The fourth-order valence-electron chi connectivity index (χ4n) is 2.85. The van der Waals surface area contributed by atoms with Gasteiger partial charge in [0.2, 0.25) is 11.8 Å². The standard InChI is InChI=1S/C13H19NO4/c1-13(2,12(17)18)7-14-10(15)8-5-3-4-6-9(8)11(14)16/h8-9H,3-7H2,1-2H3,(H,17,18). The number of carboxylic acids is 1. The molecule has 100 valence electrons. The van der Waals surface area contributed by atoms with Crippen molar-refractivity contribution in [2.45, 2.75) is 39.5 Å². The molecule has 5 nitrogen and oxygen atoms in total. The van der Waals surface area contributed by atoms with E-state index in [1.54, 1.807) is 0 Å². The first-order valence-corrected chi connectivity index (χ1v) is 6.43. The van der Waals surface area contributed by atoms with Crippen LogP contribution in [0.4, 0.5) is 0 Å². The highest BCUT2D eigenvalue weighted by molar-refractivity contribution is 6.05. The molecule has 18 heavy (non-hydrogen) atoms. The summed E-state index contributed by atoms with van der Waals surface area (Å²) in [5.41, 5.74) is -1.08. The molecular weight excluding hydrogens is 234 g/mol. The lowest BCUT2D eigenvalue weighted by Gasteiger charge is -2.25. The molecule has 0 aromatic carbocycles. The van der Waals surface area contributed by atoms with E-state index in [2.05, 4.69) is 0 Å². The van der Waals surface area contributed by atoms with Gasteiger partial charge in [0.15, 0.2) is 0 Å². The van der Waals surface area contributed by atoms with E-state index in [9.17, 15) is 14.4 Å². The van der Waals surface area contributed by atoms with Gasteiger partial charge in [0.25, 0.3) is 0 Å². The normalized spacial score (nSPS) is 28.4. The van der Waals surface area contributed by atoms with Gasteiger partial charge in [-0.1, -0.05) is 12.8 Å². The molecule has 2 unspecified atom stereocenters. The first-order chi connectivity index (χ1) is 8.34. The molecule has 0 spiro atoms. The molecule has 1 N–H and O–H groups in total. The van der Waals surface area contributed by atoms with E-state index < -0.39 is 11.4 Å². The lowest BCUT2D eigenvalue weighted by atomic mass is 9.81. The summed E-state index contributed by atoms with van der Waals surface area (Å²) < 4.78 is 0. The number of amides is 2. The Kier molecular flexibility index (Phi) is 3.17. The lowest BCUT2D eigenvalue weighted by Crippen LogP contribution is -2.42. The molecule has 0 aromatic heterocycles. The van der Waals surface area contributed by atoms with Crippen molar-refractivity contribution < 1.29 is 19.5 Å². The molecule has 1 saturated heterocycles. The van der Waals surface area contributed by atoms with E-state index in [1.807, 2.05) is 0 Å². The monoisotopic (exact) mass is 253 g/mol. The number of imide groups is 1. The second-order valence-electron chi connectivity index (χ2n) is 5.95. The zero-order valence-electron chi connectivity index (χ0n) is 10.8. The molecule has 2 amide bonds.